The minimum atomic E-state index is -3.90. The molecule has 2 aromatic carbocycles. The second-order valence-electron chi connectivity index (χ2n) is 8.35. The molecule has 0 aliphatic carbocycles. The first kappa shape index (κ1) is 23.3. The van der Waals surface area contributed by atoms with Crippen LogP contribution in [-0.4, -0.2) is 61.4 Å². The highest BCUT2D eigenvalue weighted by Crippen LogP contribution is 2.27. The lowest BCUT2D eigenvalue weighted by Gasteiger charge is -2.17. The summed E-state index contributed by atoms with van der Waals surface area (Å²) in [6.07, 6.45) is 1.70. The summed E-state index contributed by atoms with van der Waals surface area (Å²) in [5, 5.41) is 9.91. The summed E-state index contributed by atoms with van der Waals surface area (Å²) in [6, 6.07) is 12.6. The summed E-state index contributed by atoms with van der Waals surface area (Å²) in [7, 11) is -0.531. The van der Waals surface area contributed by atoms with E-state index in [2.05, 4.69) is 4.72 Å². The Morgan fingerprint density at radius 2 is 1.82 bits per heavy atom. The largest absolute Gasteiger partial charge is 0.481 e. The van der Waals surface area contributed by atoms with Gasteiger partial charge in [-0.1, -0.05) is 0 Å². The first-order valence-electron chi connectivity index (χ1n) is 10.5. The molecule has 2 heterocycles. The molecule has 1 saturated heterocycles. The van der Waals surface area contributed by atoms with E-state index >= 15 is 0 Å². The average Bonchev–Trinajstić information content (AvgIpc) is 3.37. The number of sulfonamides is 1. The van der Waals surface area contributed by atoms with Crippen molar-refractivity contribution in [3.8, 4) is 0 Å². The Kier molecular flexibility index (Phi) is 6.05. The second-order valence-corrected chi connectivity index (χ2v) is 10.0. The number of fused-ring (bicyclic) bond motifs is 1. The fraction of sp³-hybridized carbons (Fsp3) is 0.261. The number of anilines is 2. The molecule has 0 spiro atoms. The van der Waals surface area contributed by atoms with E-state index in [4.69, 9.17) is 5.11 Å². The van der Waals surface area contributed by atoms with Crippen LogP contribution < -0.4 is 9.62 Å². The Morgan fingerprint density at radius 1 is 1.12 bits per heavy atom. The average molecular weight is 485 g/mol. The molecule has 1 atom stereocenters. The third-order valence-electron chi connectivity index (χ3n) is 5.76. The lowest BCUT2D eigenvalue weighted by atomic mass is 10.1. The van der Waals surface area contributed by atoms with Crippen molar-refractivity contribution in [2.24, 2.45) is 5.92 Å². The number of aromatic nitrogens is 1. The van der Waals surface area contributed by atoms with Crippen molar-refractivity contribution in [3.05, 3.63) is 54.7 Å². The number of carboxylic acids is 1. The third kappa shape index (κ3) is 4.60. The van der Waals surface area contributed by atoms with Crippen molar-refractivity contribution >= 4 is 50.1 Å². The summed E-state index contributed by atoms with van der Waals surface area (Å²) >= 11 is 0. The van der Waals surface area contributed by atoms with Crippen molar-refractivity contribution in [3.63, 3.8) is 0 Å². The molecule has 2 amide bonds. The monoisotopic (exact) mass is 484 g/mol. The van der Waals surface area contributed by atoms with E-state index in [0.29, 0.717) is 11.4 Å². The number of carbonyl (C=O) groups is 3. The fourth-order valence-electron chi connectivity index (χ4n) is 3.83. The summed E-state index contributed by atoms with van der Waals surface area (Å²) in [6.45, 7) is 0.235. The maximum Gasteiger partial charge on any atom is 0.308 e. The van der Waals surface area contributed by atoms with Gasteiger partial charge in [-0.25, -0.2) is 8.42 Å². The SMILES string of the molecule is CN(C)C(=O)Cn1ccc2cc(NS(=O)(=O)c3ccc(N4CC(C(=O)O)CC4=O)cc3)ccc21. The van der Waals surface area contributed by atoms with Crippen molar-refractivity contribution in [2.45, 2.75) is 17.9 Å². The van der Waals surface area contributed by atoms with Crippen LogP contribution in [0.25, 0.3) is 10.9 Å². The molecule has 0 saturated carbocycles. The molecule has 0 bridgehead atoms. The molecule has 1 aliphatic heterocycles. The van der Waals surface area contributed by atoms with Gasteiger partial charge in [0.15, 0.2) is 0 Å². The van der Waals surface area contributed by atoms with Gasteiger partial charge in [-0.2, -0.15) is 0 Å². The highest BCUT2D eigenvalue weighted by Gasteiger charge is 2.35. The molecule has 2 N–H and O–H groups in total. The molecule has 1 aromatic heterocycles. The summed E-state index contributed by atoms with van der Waals surface area (Å²) in [4.78, 5) is 38.1. The number of aliphatic carboxylic acids is 1. The van der Waals surface area contributed by atoms with Gasteiger partial charge in [-0.3, -0.25) is 19.1 Å². The molecule has 34 heavy (non-hydrogen) atoms. The number of carboxylic acid groups (broad SMARTS) is 1. The van der Waals surface area contributed by atoms with Gasteiger partial charge in [-0.15, -0.1) is 0 Å². The molecule has 178 valence electrons. The van der Waals surface area contributed by atoms with Gasteiger partial charge >= 0.3 is 5.97 Å². The predicted molar refractivity (Wildman–Crippen MR) is 126 cm³/mol. The van der Waals surface area contributed by atoms with E-state index in [1.165, 1.54) is 34.1 Å². The minimum Gasteiger partial charge on any atom is -0.481 e. The Morgan fingerprint density at radius 3 is 2.44 bits per heavy atom. The quantitative estimate of drug-likeness (QED) is 0.528. The first-order valence-corrected chi connectivity index (χ1v) is 12.0. The molecule has 1 aliphatic rings. The van der Waals surface area contributed by atoms with Gasteiger partial charge in [0.05, 0.1) is 10.8 Å². The molecule has 11 heteroatoms. The molecule has 10 nitrogen and oxygen atoms in total. The minimum absolute atomic E-state index is 0.00641. The van der Waals surface area contributed by atoms with Gasteiger partial charge < -0.3 is 19.5 Å². The number of hydrogen-bond acceptors (Lipinski definition) is 5. The van der Waals surface area contributed by atoms with Crippen LogP contribution in [0.15, 0.2) is 59.6 Å². The molecular formula is C23H24N4O6S. The van der Waals surface area contributed by atoms with Gasteiger partial charge in [0.2, 0.25) is 11.8 Å². The number of nitrogens with zero attached hydrogens (tertiary/aromatic N) is 3. The van der Waals surface area contributed by atoms with E-state index in [1.807, 2.05) is 6.07 Å². The van der Waals surface area contributed by atoms with Crippen LogP contribution in [0.4, 0.5) is 11.4 Å². The fourth-order valence-corrected chi connectivity index (χ4v) is 4.88. The van der Waals surface area contributed by atoms with E-state index in [-0.39, 0.29) is 36.2 Å². The van der Waals surface area contributed by atoms with Crippen LogP contribution in [0.1, 0.15) is 6.42 Å². The summed E-state index contributed by atoms with van der Waals surface area (Å²) in [5.41, 5.74) is 1.62. The van der Waals surface area contributed by atoms with E-state index < -0.39 is 21.9 Å². The van der Waals surface area contributed by atoms with Crippen LogP contribution >= 0.6 is 0 Å². The lowest BCUT2D eigenvalue weighted by molar-refractivity contribution is -0.141. The Hall–Kier alpha value is -3.86. The zero-order valence-electron chi connectivity index (χ0n) is 18.6. The summed E-state index contributed by atoms with van der Waals surface area (Å²) in [5.74, 6) is -2.17. The zero-order chi connectivity index (χ0) is 24.6. The molecule has 3 aromatic rings. The normalized spacial score (nSPS) is 16.1. The van der Waals surface area contributed by atoms with Gasteiger partial charge in [0.25, 0.3) is 10.0 Å². The van der Waals surface area contributed by atoms with Crippen molar-refractivity contribution in [2.75, 3.05) is 30.3 Å². The number of hydrogen-bond donors (Lipinski definition) is 2. The second kappa shape index (κ2) is 8.82. The molecule has 1 fully saturated rings. The maximum atomic E-state index is 12.9. The highest BCUT2D eigenvalue weighted by atomic mass is 32.2. The Balaban J connectivity index is 1.50. The van der Waals surface area contributed by atoms with Gasteiger partial charge in [0.1, 0.15) is 6.54 Å². The van der Waals surface area contributed by atoms with Crippen LogP contribution in [0.2, 0.25) is 0 Å². The van der Waals surface area contributed by atoms with Gasteiger partial charge in [0, 0.05) is 55.5 Å². The molecule has 1 unspecified atom stereocenters. The third-order valence-corrected chi connectivity index (χ3v) is 7.16. The van der Waals surface area contributed by atoms with Crippen molar-refractivity contribution in [1.82, 2.24) is 9.47 Å². The number of carbonyl (C=O) groups excluding carboxylic acids is 2. The smallest absolute Gasteiger partial charge is 0.308 e. The van der Waals surface area contributed by atoms with E-state index in [1.54, 1.807) is 43.1 Å². The number of likely N-dealkylation sites (N-methyl/N-ethyl adjacent to an activating group) is 1. The van der Waals surface area contributed by atoms with Crippen LogP contribution in [0, 0.1) is 5.92 Å². The number of nitrogens with one attached hydrogen (secondary N) is 1. The van der Waals surface area contributed by atoms with E-state index in [0.717, 1.165) is 10.9 Å². The first-order chi connectivity index (χ1) is 16.0. The number of benzene rings is 2. The summed E-state index contributed by atoms with van der Waals surface area (Å²) < 4.78 is 30.1. The molecule has 0 radical (unpaired) electrons. The Labute approximate surface area is 196 Å². The standard InChI is InChI=1S/C23H24N4O6S/c1-25(2)22(29)14-26-10-9-15-11-17(3-8-20(15)26)24-34(32,33)19-6-4-18(5-7-19)27-13-16(23(30)31)12-21(27)28/h3-11,16,24H,12-14H2,1-2H3,(H,30,31). The number of rotatable bonds is 7. The van der Waals surface area contributed by atoms with Crippen molar-refractivity contribution in [1.29, 1.82) is 0 Å². The number of amides is 2. The zero-order valence-corrected chi connectivity index (χ0v) is 19.4. The van der Waals surface area contributed by atoms with E-state index in [9.17, 15) is 22.8 Å². The van der Waals surface area contributed by atoms with Crippen LogP contribution in [0.5, 0.6) is 0 Å². The predicted octanol–water partition coefficient (Wildman–Crippen LogP) is 1.97. The maximum absolute atomic E-state index is 12.9. The molecule has 4 rings (SSSR count). The van der Waals surface area contributed by atoms with Crippen LogP contribution in [-0.2, 0) is 31.0 Å². The highest BCUT2D eigenvalue weighted by molar-refractivity contribution is 7.92. The van der Waals surface area contributed by atoms with Gasteiger partial charge in [-0.05, 0) is 48.5 Å². The topological polar surface area (TPSA) is 129 Å². The Bertz CT molecular complexity index is 1380. The van der Waals surface area contributed by atoms with Crippen molar-refractivity contribution < 1.29 is 27.9 Å². The molecular weight excluding hydrogens is 460 g/mol. The lowest BCUT2D eigenvalue weighted by Crippen LogP contribution is -2.25. The van der Waals surface area contributed by atoms with Crippen LogP contribution in [0.3, 0.4) is 0 Å².